The molecule has 9 rings (SSSR count). The number of piperazine rings is 1. The van der Waals surface area contributed by atoms with Crippen LogP contribution in [0.4, 0.5) is 16.0 Å². The zero-order chi connectivity index (χ0) is 36.1. The quantitative estimate of drug-likeness (QED) is 0.231. The first kappa shape index (κ1) is 33.0. The van der Waals surface area contributed by atoms with E-state index in [2.05, 4.69) is 25.0 Å². The van der Waals surface area contributed by atoms with Crippen molar-refractivity contribution in [3.05, 3.63) is 107 Å². The maximum absolute atomic E-state index is 14.1. The van der Waals surface area contributed by atoms with E-state index in [1.165, 1.54) is 6.07 Å². The van der Waals surface area contributed by atoms with E-state index in [1.807, 2.05) is 71.4 Å². The number of carbonyl (C=O) groups is 2. The van der Waals surface area contributed by atoms with E-state index in [9.17, 15) is 18.8 Å². The number of para-hydroxylation sites is 2. The number of carbonyl (C=O) groups excluding carboxylic acids is 2. The highest BCUT2D eigenvalue weighted by atomic mass is 19.1. The van der Waals surface area contributed by atoms with Crippen LogP contribution >= 0.6 is 0 Å². The van der Waals surface area contributed by atoms with E-state index in [0.29, 0.717) is 25.0 Å². The van der Waals surface area contributed by atoms with Crippen molar-refractivity contribution < 1.29 is 14.0 Å². The van der Waals surface area contributed by atoms with Gasteiger partial charge in [0.05, 0.1) is 29.0 Å². The fourth-order valence-electron chi connectivity index (χ4n) is 8.15. The largest absolute Gasteiger partial charge is 0.354 e. The lowest BCUT2D eigenvalue weighted by Crippen LogP contribution is -2.48. The first-order chi connectivity index (χ1) is 25.9. The Morgan fingerprint density at radius 3 is 2.45 bits per heavy atom. The van der Waals surface area contributed by atoms with Gasteiger partial charge in [-0.2, -0.15) is 0 Å². The minimum Gasteiger partial charge on any atom is -0.354 e. The average Bonchev–Trinajstić information content (AvgIpc) is 3.91. The van der Waals surface area contributed by atoms with Gasteiger partial charge in [0.2, 0.25) is 11.8 Å². The minimum atomic E-state index is -0.708. The van der Waals surface area contributed by atoms with Crippen LogP contribution in [0.1, 0.15) is 43.3 Å². The number of benzene rings is 2. The van der Waals surface area contributed by atoms with E-state index in [4.69, 9.17) is 10.1 Å². The standard InChI is InChI=1S/C39H39FN10O3/c40-27-7-3-6-26(24-27)29-11-5-17-47(29)36-15-14-34-41-25-33(50(34)44-36)28-8-4-12-35(42-28)46-21-18-45(19-22-46)20-23-48-30-9-1-2-10-31(30)49(39(48)53)32-13-16-37(51)43-38(32)52/h1-4,6-10,12,14-15,24-25,29,32H,5,11,13,16-23H2,(H,43,51,52)/t29-,32?/m1/s1. The fraction of sp³-hybridized carbons (Fsp3) is 0.333. The Bertz CT molecular complexity index is 2410. The Hall–Kier alpha value is -5.89. The molecule has 3 aliphatic rings. The summed E-state index contributed by atoms with van der Waals surface area (Å²) in [5, 5.41) is 7.40. The van der Waals surface area contributed by atoms with Gasteiger partial charge in [0.25, 0.3) is 0 Å². The molecule has 2 aromatic carbocycles. The number of piperidine rings is 1. The first-order valence-corrected chi connectivity index (χ1v) is 18.3. The van der Waals surface area contributed by atoms with E-state index < -0.39 is 11.9 Å². The molecule has 0 saturated carbocycles. The SMILES string of the molecule is O=C1CCC(n2c(=O)n(CCN3CCN(c4cccc(-c5cnc6ccc(N7CCC[C@@H]7c7cccc(F)c7)nn56)n4)CC3)c3ccccc32)C(=O)N1. The average molecular weight is 715 g/mol. The molecule has 0 spiro atoms. The molecule has 3 saturated heterocycles. The van der Waals surface area contributed by atoms with Gasteiger partial charge in [0.15, 0.2) is 5.65 Å². The molecule has 2 amide bonds. The number of halogens is 1. The normalized spacial score (nSPS) is 19.8. The van der Waals surface area contributed by atoms with E-state index in [1.54, 1.807) is 21.3 Å². The number of anilines is 2. The zero-order valence-electron chi connectivity index (χ0n) is 29.1. The van der Waals surface area contributed by atoms with Gasteiger partial charge in [-0.3, -0.25) is 28.9 Å². The number of amides is 2. The molecular formula is C39H39FN10O3. The maximum atomic E-state index is 14.1. The number of imidazole rings is 2. The fourth-order valence-corrected chi connectivity index (χ4v) is 8.15. The summed E-state index contributed by atoms with van der Waals surface area (Å²) in [6.07, 6.45) is 4.26. The molecule has 0 bridgehead atoms. The van der Waals surface area contributed by atoms with E-state index >= 15 is 0 Å². The molecule has 2 atom stereocenters. The van der Waals surface area contributed by atoms with Crippen molar-refractivity contribution in [3.63, 3.8) is 0 Å². The Balaban J connectivity index is 0.888. The van der Waals surface area contributed by atoms with Gasteiger partial charge in [-0.1, -0.05) is 30.3 Å². The molecule has 1 unspecified atom stereocenters. The summed E-state index contributed by atoms with van der Waals surface area (Å²) < 4.78 is 19.2. The molecule has 14 heteroatoms. The van der Waals surface area contributed by atoms with Gasteiger partial charge >= 0.3 is 5.69 Å². The van der Waals surface area contributed by atoms with Crippen molar-refractivity contribution in [2.75, 3.05) is 49.1 Å². The van der Waals surface area contributed by atoms with Crippen LogP contribution in [0.15, 0.2) is 89.9 Å². The molecule has 13 nitrogen and oxygen atoms in total. The Labute approximate surface area is 304 Å². The van der Waals surface area contributed by atoms with Crippen molar-refractivity contribution in [2.24, 2.45) is 0 Å². The maximum Gasteiger partial charge on any atom is 0.329 e. The number of aromatic nitrogens is 6. The highest BCUT2D eigenvalue weighted by Crippen LogP contribution is 2.36. The second kappa shape index (κ2) is 13.6. The molecule has 0 aliphatic carbocycles. The van der Waals surface area contributed by atoms with E-state index in [0.717, 1.165) is 85.3 Å². The Morgan fingerprint density at radius 1 is 0.792 bits per heavy atom. The molecule has 6 aromatic rings. The van der Waals surface area contributed by atoms with Crippen molar-refractivity contribution in [1.29, 1.82) is 0 Å². The van der Waals surface area contributed by atoms with Crippen LogP contribution in [0.3, 0.4) is 0 Å². The molecule has 53 heavy (non-hydrogen) atoms. The summed E-state index contributed by atoms with van der Waals surface area (Å²) in [6, 6.07) is 23.7. The second-order valence-corrected chi connectivity index (χ2v) is 14.0. The third-order valence-electron chi connectivity index (χ3n) is 10.9. The molecule has 1 N–H and O–H groups in total. The lowest BCUT2D eigenvalue weighted by atomic mass is 10.0. The van der Waals surface area contributed by atoms with Crippen LogP contribution in [-0.2, 0) is 16.1 Å². The molecule has 7 heterocycles. The minimum absolute atomic E-state index is 0.0573. The summed E-state index contributed by atoms with van der Waals surface area (Å²) in [5.41, 5.74) is 4.50. The highest BCUT2D eigenvalue weighted by Gasteiger charge is 2.32. The summed E-state index contributed by atoms with van der Waals surface area (Å²) in [5.74, 6) is 0.731. The van der Waals surface area contributed by atoms with Crippen molar-refractivity contribution >= 4 is 40.1 Å². The number of fused-ring (bicyclic) bond motifs is 2. The Kier molecular flexibility index (Phi) is 8.45. The van der Waals surface area contributed by atoms with Gasteiger partial charge in [-0.05, 0) is 73.4 Å². The molecule has 4 aromatic heterocycles. The number of nitrogens with one attached hydrogen (secondary N) is 1. The molecular weight excluding hydrogens is 675 g/mol. The number of hydrogen-bond acceptors (Lipinski definition) is 9. The molecule has 270 valence electrons. The van der Waals surface area contributed by atoms with Crippen LogP contribution < -0.4 is 20.8 Å². The van der Waals surface area contributed by atoms with E-state index in [-0.39, 0.29) is 29.9 Å². The highest BCUT2D eigenvalue weighted by molar-refractivity contribution is 6.00. The van der Waals surface area contributed by atoms with Crippen molar-refractivity contribution in [2.45, 2.75) is 44.3 Å². The lowest BCUT2D eigenvalue weighted by Gasteiger charge is -2.35. The number of imide groups is 1. The number of nitrogens with zero attached hydrogens (tertiary/aromatic N) is 9. The van der Waals surface area contributed by atoms with Crippen LogP contribution in [0.25, 0.3) is 28.1 Å². The van der Waals surface area contributed by atoms with Gasteiger partial charge < -0.3 is 9.80 Å². The molecule has 3 aliphatic heterocycles. The van der Waals surface area contributed by atoms with Gasteiger partial charge in [-0.15, -0.1) is 5.10 Å². The number of pyridine rings is 1. The van der Waals surface area contributed by atoms with Gasteiger partial charge in [0.1, 0.15) is 29.2 Å². The summed E-state index contributed by atoms with van der Waals surface area (Å²) in [6.45, 7) is 5.15. The third kappa shape index (κ3) is 6.12. The summed E-state index contributed by atoms with van der Waals surface area (Å²) >= 11 is 0. The smallest absolute Gasteiger partial charge is 0.329 e. The molecule has 3 fully saturated rings. The second-order valence-electron chi connectivity index (χ2n) is 14.0. The monoisotopic (exact) mass is 714 g/mol. The van der Waals surface area contributed by atoms with Gasteiger partial charge in [0, 0.05) is 52.2 Å². The van der Waals surface area contributed by atoms with Crippen LogP contribution in [0.2, 0.25) is 0 Å². The topological polar surface area (TPSA) is 126 Å². The van der Waals surface area contributed by atoms with Gasteiger partial charge in [-0.25, -0.2) is 23.7 Å². The lowest BCUT2D eigenvalue weighted by molar-refractivity contribution is -0.135. The van der Waals surface area contributed by atoms with Crippen molar-refractivity contribution in [1.82, 2.24) is 38.9 Å². The number of hydrogen-bond donors (Lipinski definition) is 1. The molecule has 0 radical (unpaired) electrons. The van der Waals surface area contributed by atoms with Crippen LogP contribution in [-0.4, -0.2) is 84.7 Å². The predicted molar refractivity (Wildman–Crippen MR) is 198 cm³/mol. The number of rotatable bonds is 8. The van der Waals surface area contributed by atoms with Crippen LogP contribution in [0.5, 0.6) is 0 Å². The third-order valence-corrected chi connectivity index (χ3v) is 10.9. The first-order valence-electron chi connectivity index (χ1n) is 18.3. The summed E-state index contributed by atoms with van der Waals surface area (Å²) in [7, 11) is 0. The van der Waals surface area contributed by atoms with Crippen molar-refractivity contribution in [3.8, 4) is 11.4 Å². The zero-order valence-corrected chi connectivity index (χ0v) is 29.1. The Morgan fingerprint density at radius 2 is 1.62 bits per heavy atom. The van der Waals surface area contributed by atoms with Crippen LogP contribution in [0, 0.1) is 5.82 Å². The predicted octanol–water partition coefficient (Wildman–Crippen LogP) is 4.19. The summed E-state index contributed by atoms with van der Waals surface area (Å²) in [4.78, 5) is 54.7.